The topological polar surface area (TPSA) is 48.8 Å². The van der Waals surface area contributed by atoms with Crippen LogP contribution in [0.4, 0.5) is 0 Å². The zero-order valence-corrected chi connectivity index (χ0v) is 9.80. The van der Waals surface area contributed by atoms with E-state index >= 15 is 0 Å². The van der Waals surface area contributed by atoms with Crippen LogP contribution in [0.3, 0.4) is 0 Å². The van der Waals surface area contributed by atoms with E-state index in [1.807, 2.05) is 29.2 Å². The first-order valence-corrected chi connectivity index (χ1v) is 5.59. The van der Waals surface area contributed by atoms with Gasteiger partial charge in [0.15, 0.2) is 0 Å². The zero-order chi connectivity index (χ0) is 11.5. The number of nitrogens with zero attached hydrogens (tertiary/aromatic N) is 3. The van der Waals surface area contributed by atoms with Gasteiger partial charge in [0.1, 0.15) is 0 Å². The second kappa shape index (κ2) is 4.53. The molecule has 0 saturated carbocycles. The van der Waals surface area contributed by atoms with E-state index in [-0.39, 0.29) is 0 Å². The first-order chi connectivity index (χ1) is 7.70. The second-order valence-corrected chi connectivity index (χ2v) is 4.21. The number of hydrogen-bond donors (Lipinski definition) is 1. The van der Waals surface area contributed by atoms with Crippen molar-refractivity contribution in [3.63, 3.8) is 0 Å². The van der Waals surface area contributed by atoms with E-state index < -0.39 is 0 Å². The third-order valence-corrected chi connectivity index (χ3v) is 2.66. The molecule has 2 rings (SSSR count). The molecule has 0 aliphatic carbocycles. The van der Waals surface area contributed by atoms with Crippen molar-refractivity contribution in [2.24, 2.45) is 5.73 Å². The van der Waals surface area contributed by atoms with Gasteiger partial charge in [-0.05, 0) is 32.0 Å². The first-order valence-electron chi connectivity index (χ1n) is 5.59. The van der Waals surface area contributed by atoms with Gasteiger partial charge in [0.25, 0.3) is 0 Å². The lowest BCUT2D eigenvalue weighted by atomic mass is 10.4. The molecule has 0 saturated heterocycles. The van der Waals surface area contributed by atoms with Crippen LogP contribution in [-0.4, -0.2) is 14.3 Å². The fourth-order valence-electron chi connectivity index (χ4n) is 1.71. The third-order valence-electron chi connectivity index (χ3n) is 2.66. The molecule has 16 heavy (non-hydrogen) atoms. The minimum Gasteiger partial charge on any atom is -0.344 e. The van der Waals surface area contributed by atoms with Gasteiger partial charge >= 0.3 is 0 Å². The molecule has 0 unspecified atom stereocenters. The van der Waals surface area contributed by atoms with E-state index in [9.17, 15) is 0 Å². The van der Waals surface area contributed by atoms with E-state index in [0.717, 1.165) is 17.9 Å². The molecule has 0 amide bonds. The SMILES string of the molecule is CC(C)n1ccc(Cn2cccc2CN)n1. The largest absolute Gasteiger partial charge is 0.344 e. The summed E-state index contributed by atoms with van der Waals surface area (Å²) in [6.07, 6.45) is 4.06. The van der Waals surface area contributed by atoms with Gasteiger partial charge in [-0.3, -0.25) is 4.68 Å². The molecule has 86 valence electrons. The van der Waals surface area contributed by atoms with Gasteiger partial charge in [0, 0.05) is 30.7 Å². The molecule has 0 atom stereocenters. The van der Waals surface area contributed by atoms with E-state index in [1.54, 1.807) is 0 Å². The Bertz CT molecular complexity index is 453. The molecule has 4 heteroatoms. The number of rotatable bonds is 4. The molecule has 2 aromatic rings. The molecule has 2 heterocycles. The zero-order valence-electron chi connectivity index (χ0n) is 9.80. The predicted molar refractivity (Wildman–Crippen MR) is 64.0 cm³/mol. The minimum atomic E-state index is 0.410. The molecule has 4 nitrogen and oxygen atoms in total. The van der Waals surface area contributed by atoms with Crippen molar-refractivity contribution in [3.8, 4) is 0 Å². The summed E-state index contributed by atoms with van der Waals surface area (Å²) in [5.74, 6) is 0. The highest BCUT2D eigenvalue weighted by molar-refractivity contribution is 5.10. The van der Waals surface area contributed by atoms with Crippen molar-refractivity contribution < 1.29 is 0 Å². The highest BCUT2D eigenvalue weighted by atomic mass is 15.3. The maximum Gasteiger partial charge on any atom is 0.0821 e. The molecule has 0 bridgehead atoms. The van der Waals surface area contributed by atoms with E-state index in [1.165, 1.54) is 0 Å². The summed E-state index contributed by atoms with van der Waals surface area (Å²) < 4.78 is 4.11. The Morgan fingerprint density at radius 3 is 2.75 bits per heavy atom. The van der Waals surface area contributed by atoms with Crippen LogP contribution in [0.15, 0.2) is 30.6 Å². The normalized spacial score (nSPS) is 11.2. The smallest absolute Gasteiger partial charge is 0.0821 e. The van der Waals surface area contributed by atoms with Gasteiger partial charge < -0.3 is 10.3 Å². The average molecular weight is 218 g/mol. The van der Waals surface area contributed by atoms with Gasteiger partial charge in [-0.2, -0.15) is 5.10 Å². The van der Waals surface area contributed by atoms with Crippen LogP contribution < -0.4 is 5.73 Å². The summed E-state index contributed by atoms with van der Waals surface area (Å²) in [7, 11) is 0. The van der Waals surface area contributed by atoms with E-state index in [4.69, 9.17) is 5.73 Å². The van der Waals surface area contributed by atoms with Gasteiger partial charge in [-0.1, -0.05) is 0 Å². The second-order valence-electron chi connectivity index (χ2n) is 4.21. The molecule has 2 aromatic heterocycles. The van der Waals surface area contributed by atoms with Gasteiger partial charge in [-0.25, -0.2) is 0 Å². The van der Waals surface area contributed by atoms with Crippen LogP contribution >= 0.6 is 0 Å². The number of aromatic nitrogens is 3. The molecule has 0 fully saturated rings. The molecule has 0 radical (unpaired) electrons. The maximum atomic E-state index is 5.66. The van der Waals surface area contributed by atoms with Crippen molar-refractivity contribution >= 4 is 0 Å². The van der Waals surface area contributed by atoms with Gasteiger partial charge in [0.05, 0.1) is 12.2 Å². The van der Waals surface area contributed by atoms with Crippen LogP contribution in [0.1, 0.15) is 31.3 Å². The van der Waals surface area contributed by atoms with Gasteiger partial charge in [0.2, 0.25) is 0 Å². The van der Waals surface area contributed by atoms with E-state index in [0.29, 0.717) is 12.6 Å². The van der Waals surface area contributed by atoms with Crippen LogP contribution in [0, 0.1) is 0 Å². The van der Waals surface area contributed by atoms with Crippen LogP contribution in [0.5, 0.6) is 0 Å². The van der Waals surface area contributed by atoms with Crippen LogP contribution in [0.2, 0.25) is 0 Å². The molecule has 0 aliphatic rings. The van der Waals surface area contributed by atoms with Crippen molar-refractivity contribution in [2.75, 3.05) is 0 Å². The fraction of sp³-hybridized carbons (Fsp3) is 0.417. The van der Waals surface area contributed by atoms with Crippen LogP contribution in [0.25, 0.3) is 0 Å². The minimum absolute atomic E-state index is 0.410. The summed E-state index contributed by atoms with van der Waals surface area (Å²) >= 11 is 0. The van der Waals surface area contributed by atoms with Crippen molar-refractivity contribution in [1.29, 1.82) is 0 Å². The Morgan fingerprint density at radius 2 is 2.12 bits per heavy atom. The predicted octanol–water partition coefficient (Wildman–Crippen LogP) is 1.77. The molecular weight excluding hydrogens is 200 g/mol. The molecular formula is C12H18N4. The number of nitrogens with two attached hydrogens (primary N) is 1. The lowest BCUT2D eigenvalue weighted by Gasteiger charge is -2.06. The van der Waals surface area contributed by atoms with Crippen molar-refractivity contribution in [2.45, 2.75) is 33.0 Å². The quantitative estimate of drug-likeness (QED) is 0.850. The Labute approximate surface area is 95.7 Å². The Hall–Kier alpha value is -1.55. The van der Waals surface area contributed by atoms with E-state index in [2.05, 4.69) is 29.6 Å². The highest BCUT2D eigenvalue weighted by Crippen LogP contribution is 2.08. The standard InChI is InChI=1S/C12H18N4/c1-10(2)16-7-5-11(14-16)9-15-6-3-4-12(15)8-13/h3-7,10H,8-9,13H2,1-2H3. The van der Waals surface area contributed by atoms with Crippen molar-refractivity contribution in [1.82, 2.24) is 14.3 Å². The molecule has 0 spiro atoms. The lowest BCUT2D eigenvalue weighted by molar-refractivity contribution is 0.523. The highest BCUT2D eigenvalue weighted by Gasteiger charge is 2.04. The van der Waals surface area contributed by atoms with Crippen molar-refractivity contribution in [3.05, 3.63) is 42.0 Å². The fourth-order valence-corrected chi connectivity index (χ4v) is 1.71. The molecule has 2 N–H and O–H groups in total. The lowest BCUT2D eigenvalue weighted by Crippen LogP contribution is -2.08. The molecule has 0 aliphatic heterocycles. The first kappa shape index (κ1) is 11.0. The average Bonchev–Trinajstić information content (AvgIpc) is 2.87. The summed E-state index contributed by atoms with van der Waals surface area (Å²) in [5.41, 5.74) is 7.86. The Balaban J connectivity index is 2.14. The Kier molecular flexibility index (Phi) is 3.10. The summed E-state index contributed by atoms with van der Waals surface area (Å²) in [4.78, 5) is 0. The summed E-state index contributed by atoms with van der Waals surface area (Å²) in [5, 5.41) is 4.52. The monoisotopic (exact) mass is 218 g/mol. The maximum absolute atomic E-state index is 5.66. The summed E-state index contributed by atoms with van der Waals surface area (Å²) in [6.45, 7) is 5.60. The third kappa shape index (κ3) is 2.17. The van der Waals surface area contributed by atoms with Crippen LogP contribution in [-0.2, 0) is 13.1 Å². The Morgan fingerprint density at radius 1 is 1.31 bits per heavy atom. The van der Waals surface area contributed by atoms with Gasteiger partial charge in [-0.15, -0.1) is 0 Å². The molecule has 0 aromatic carbocycles. The number of hydrogen-bond acceptors (Lipinski definition) is 2. The summed E-state index contributed by atoms with van der Waals surface area (Å²) in [6, 6.07) is 6.52.